The molecular weight excluding hydrogens is 489 g/mol. The average Bonchev–Trinajstić information content (AvgIpc) is 2.92. The summed E-state index contributed by atoms with van der Waals surface area (Å²) in [5.74, 6) is 0.206. The van der Waals surface area contributed by atoms with Crippen LogP contribution in [0.15, 0.2) is 97.1 Å². The number of hydrogen-bond donors (Lipinski definition) is 2. The second-order valence-corrected chi connectivity index (χ2v) is 11.0. The Bertz CT molecular complexity index is 1520. The second kappa shape index (κ2) is 9.37. The van der Waals surface area contributed by atoms with E-state index >= 15 is 0 Å². The van der Waals surface area contributed by atoms with E-state index in [0.29, 0.717) is 11.3 Å². The zero-order valence-corrected chi connectivity index (χ0v) is 22.5. The molecule has 4 aromatic carbocycles. The van der Waals surface area contributed by atoms with Crippen LogP contribution < -0.4 is 10.1 Å². The largest absolute Gasteiger partial charge is 0.460 e. The Morgan fingerprint density at radius 3 is 2.21 bits per heavy atom. The minimum Gasteiger partial charge on any atom is -0.460 e. The summed E-state index contributed by atoms with van der Waals surface area (Å²) in [6.45, 7) is 8.18. The monoisotopic (exact) mass is 521 g/mol. The summed E-state index contributed by atoms with van der Waals surface area (Å²) in [5, 5.41) is 15.9. The maximum Gasteiger partial charge on any atom is 0.228 e. The summed E-state index contributed by atoms with van der Waals surface area (Å²) in [5.41, 5.74) is 5.13. The molecule has 2 N–H and O–H groups in total. The van der Waals surface area contributed by atoms with E-state index in [1.54, 1.807) is 6.07 Å². The Balaban J connectivity index is 1.50. The van der Waals surface area contributed by atoms with Crippen LogP contribution in [0, 0.1) is 5.82 Å². The van der Waals surface area contributed by atoms with E-state index in [9.17, 15) is 9.50 Å². The summed E-state index contributed by atoms with van der Waals surface area (Å²) in [4.78, 5) is 0. The van der Waals surface area contributed by atoms with Crippen LogP contribution in [0.5, 0.6) is 5.75 Å². The number of halogens is 1. The number of benzene rings is 4. The van der Waals surface area contributed by atoms with Crippen molar-refractivity contribution >= 4 is 11.3 Å². The number of fused-ring (bicyclic) bond motifs is 5. The minimum atomic E-state index is -1.45. The number of allylic oxidation sites excluding steroid dienone is 1. The summed E-state index contributed by atoms with van der Waals surface area (Å²) in [7, 11) is 0. The third kappa shape index (κ3) is 4.32. The third-order valence-corrected chi connectivity index (χ3v) is 7.72. The number of hydrogen-bond acceptors (Lipinski definition) is 4. The first-order chi connectivity index (χ1) is 18.7. The van der Waals surface area contributed by atoms with Crippen molar-refractivity contribution in [1.29, 1.82) is 0 Å². The van der Waals surface area contributed by atoms with E-state index < -0.39 is 18.0 Å². The van der Waals surface area contributed by atoms with Crippen molar-refractivity contribution < 1.29 is 19.0 Å². The Hall–Kier alpha value is -3.93. The fourth-order valence-electron chi connectivity index (χ4n) is 6.01. The fraction of sp³-hybridized carbons (Fsp3) is 0.235. The van der Waals surface area contributed by atoms with Crippen molar-refractivity contribution in [2.75, 3.05) is 5.32 Å². The lowest BCUT2D eigenvalue weighted by Gasteiger charge is -2.40. The third-order valence-electron chi connectivity index (χ3n) is 7.72. The van der Waals surface area contributed by atoms with Crippen LogP contribution in [-0.2, 0) is 10.3 Å². The first kappa shape index (κ1) is 25.4. The molecule has 0 saturated carbocycles. The molecular formula is C34H32FNO3. The maximum absolute atomic E-state index is 14.4. The Labute approximate surface area is 228 Å². The van der Waals surface area contributed by atoms with E-state index in [0.717, 1.165) is 39.1 Å². The molecule has 5 heteroatoms. The molecule has 6 rings (SSSR count). The molecule has 2 atom stereocenters. The first-order valence-electron chi connectivity index (χ1n) is 13.3. The van der Waals surface area contributed by atoms with Gasteiger partial charge in [-0.15, -0.1) is 0 Å². The van der Waals surface area contributed by atoms with Crippen LogP contribution in [0.4, 0.5) is 10.1 Å². The van der Waals surface area contributed by atoms with Gasteiger partial charge in [0.05, 0.1) is 11.6 Å². The highest BCUT2D eigenvalue weighted by Crippen LogP contribution is 2.50. The normalized spacial score (nSPS) is 18.0. The van der Waals surface area contributed by atoms with Crippen molar-refractivity contribution in [3.8, 4) is 16.9 Å². The molecule has 0 aromatic heterocycles. The number of rotatable bonds is 5. The number of aliphatic hydroxyl groups is 1. The van der Waals surface area contributed by atoms with Gasteiger partial charge in [-0.2, -0.15) is 0 Å². The van der Waals surface area contributed by atoms with Crippen molar-refractivity contribution in [2.45, 2.75) is 51.2 Å². The lowest BCUT2D eigenvalue weighted by molar-refractivity contribution is -0.174. The predicted octanol–water partition coefficient (Wildman–Crippen LogP) is 7.83. The predicted molar refractivity (Wildman–Crippen MR) is 153 cm³/mol. The van der Waals surface area contributed by atoms with Gasteiger partial charge < -0.3 is 19.9 Å². The molecule has 198 valence electrons. The lowest BCUT2D eigenvalue weighted by Crippen LogP contribution is -2.42. The summed E-state index contributed by atoms with van der Waals surface area (Å²) in [6, 6.07) is 27.7. The smallest absolute Gasteiger partial charge is 0.228 e. The highest BCUT2D eigenvalue weighted by atomic mass is 19.1. The van der Waals surface area contributed by atoms with Crippen LogP contribution >= 0.6 is 0 Å². The summed E-state index contributed by atoms with van der Waals surface area (Å²) in [6.07, 6.45) is 0.630. The minimum absolute atomic E-state index is 0.227. The van der Waals surface area contributed by atoms with Crippen LogP contribution in [0.25, 0.3) is 16.7 Å². The molecule has 39 heavy (non-hydrogen) atoms. The Kier molecular flexibility index (Phi) is 6.09. The van der Waals surface area contributed by atoms with Crippen LogP contribution in [0.3, 0.4) is 0 Å². The molecule has 0 fully saturated rings. The summed E-state index contributed by atoms with van der Waals surface area (Å²) < 4.78 is 27.6. The maximum atomic E-state index is 14.4. The molecule has 0 saturated heterocycles. The average molecular weight is 522 g/mol. The highest BCUT2D eigenvalue weighted by Gasteiger charge is 2.42. The molecule has 2 unspecified atom stereocenters. The van der Waals surface area contributed by atoms with Gasteiger partial charge in [0, 0.05) is 22.4 Å². The van der Waals surface area contributed by atoms with Gasteiger partial charge in [-0.3, -0.25) is 0 Å². The Morgan fingerprint density at radius 1 is 0.923 bits per heavy atom. The SMILES string of the molecule is CC1=CC(C)(C)Nc2ccc3c(c21)C(OC(C)C(O)(c1ccccc1)c1ccccc1)Oc1ccc(F)cc1-3. The molecule has 0 spiro atoms. The van der Waals surface area contributed by atoms with E-state index in [1.165, 1.54) is 12.1 Å². The van der Waals surface area contributed by atoms with Gasteiger partial charge in [0.15, 0.2) is 0 Å². The quantitative estimate of drug-likeness (QED) is 0.281. The van der Waals surface area contributed by atoms with Crippen molar-refractivity contribution in [1.82, 2.24) is 0 Å². The molecule has 4 nitrogen and oxygen atoms in total. The van der Waals surface area contributed by atoms with Gasteiger partial charge in [-0.25, -0.2) is 4.39 Å². The van der Waals surface area contributed by atoms with Gasteiger partial charge >= 0.3 is 0 Å². The molecule has 2 aliphatic heterocycles. The zero-order chi connectivity index (χ0) is 27.4. The number of nitrogens with one attached hydrogen (secondary N) is 1. The number of ether oxygens (including phenoxy) is 2. The van der Waals surface area contributed by atoms with E-state index in [-0.39, 0.29) is 11.4 Å². The van der Waals surface area contributed by atoms with Gasteiger partial charge in [0.1, 0.15) is 17.2 Å². The lowest BCUT2D eigenvalue weighted by atomic mass is 9.81. The molecule has 2 aliphatic rings. The Morgan fingerprint density at radius 2 is 1.56 bits per heavy atom. The van der Waals surface area contributed by atoms with Crippen LogP contribution in [-0.4, -0.2) is 16.7 Å². The molecule has 4 aromatic rings. The highest BCUT2D eigenvalue weighted by molar-refractivity contribution is 5.89. The molecule has 0 radical (unpaired) electrons. The molecule has 2 heterocycles. The van der Waals surface area contributed by atoms with Crippen LogP contribution in [0.2, 0.25) is 0 Å². The van der Waals surface area contributed by atoms with E-state index in [4.69, 9.17) is 9.47 Å². The van der Waals surface area contributed by atoms with Gasteiger partial charge in [0.25, 0.3) is 0 Å². The van der Waals surface area contributed by atoms with Crippen molar-refractivity contribution in [3.63, 3.8) is 0 Å². The van der Waals surface area contributed by atoms with Gasteiger partial charge in [-0.1, -0.05) is 72.8 Å². The van der Waals surface area contributed by atoms with Gasteiger partial charge in [-0.05, 0) is 74.2 Å². The second-order valence-electron chi connectivity index (χ2n) is 11.0. The summed E-state index contributed by atoms with van der Waals surface area (Å²) >= 11 is 0. The van der Waals surface area contributed by atoms with E-state index in [1.807, 2.05) is 79.7 Å². The standard InChI is InChI=1S/C34H32FNO3/c1-21-20-33(3,4)36-28-17-16-26-27-19-25(35)15-18-29(27)39-32(31(26)30(21)28)38-22(2)34(37,23-11-7-5-8-12-23)24-13-9-6-10-14-24/h5-20,22,32,36-37H,1-4H3. The molecule has 0 bridgehead atoms. The van der Waals surface area contributed by atoms with Crippen LogP contribution in [0.1, 0.15) is 56.2 Å². The van der Waals surface area contributed by atoms with Gasteiger partial charge in [0.2, 0.25) is 6.29 Å². The number of anilines is 1. The first-order valence-corrected chi connectivity index (χ1v) is 13.3. The van der Waals surface area contributed by atoms with Crippen molar-refractivity contribution in [3.05, 3.63) is 125 Å². The fourth-order valence-corrected chi connectivity index (χ4v) is 6.01. The zero-order valence-electron chi connectivity index (χ0n) is 22.5. The molecule has 0 aliphatic carbocycles. The van der Waals surface area contributed by atoms with E-state index in [2.05, 4.69) is 32.2 Å². The topological polar surface area (TPSA) is 50.7 Å². The van der Waals surface area contributed by atoms with Crippen molar-refractivity contribution in [2.24, 2.45) is 0 Å². The molecule has 0 amide bonds.